The normalized spacial score (nSPS) is 15.4. The van der Waals surface area contributed by atoms with Crippen LogP contribution in [0.15, 0.2) is 18.2 Å². The summed E-state index contributed by atoms with van der Waals surface area (Å²) in [6.07, 6.45) is 0.738. The highest BCUT2D eigenvalue weighted by Crippen LogP contribution is 2.25. The predicted molar refractivity (Wildman–Crippen MR) is 78.4 cm³/mol. The van der Waals surface area contributed by atoms with Crippen molar-refractivity contribution < 1.29 is 9.59 Å². The van der Waals surface area contributed by atoms with Crippen molar-refractivity contribution in [1.82, 2.24) is 10.2 Å². The highest BCUT2D eigenvalue weighted by Gasteiger charge is 2.29. The standard InChI is InChI=1S/C16H22N2O2/c1-10(2)18-9-14-6-5-13(8-15(14)16(18)20)7-11(3)17-12(4)19/h5-6,8,10-11H,7,9H2,1-4H3,(H,17,19). The smallest absolute Gasteiger partial charge is 0.254 e. The first kappa shape index (κ1) is 14.6. The SMILES string of the molecule is CC(=O)NC(C)Cc1ccc2c(c1)C(=O)N(C(C)C)C2. The Hall–Kier alpha value is -1.84. The van der Waals surface area contributed by atoms with Gasteiger partial charge in [-0.1, -0.05) is 12.1 Å². The third-order valence-electron chi connectivity index (χ3n) is 3.62. The van der Waals surface area contributed by atoms with Crippen LogP contribution in [0.25, 0.3) is 0 Å². The van der Waals surface area contributed by atoms with Crippen LogP contribution in [0.4, 0.5) is 0 Å². The Bertz CT molecular complexity index is 537. The number of rotatable bonds is 4. The molecule has 0 aliphatic carbocycles. The molecular formula is C16H22N2O2. The van der Waals surface area contributed by atoms with Crippen LogP contribution >= 0.6 is 0 Å². The van der Waals surface area contributed by atoms with E-state index in [9.17, 15) is 9.59 Å². The molecule has 2 rings (SSSR count). The number of hydrogen-bond acceptors (Lipinski definition) is 2. The van der Waals surface area contributed by atoms with Crippen molar-refractivity contribution in [3.8, 4) is 0 Å². The van der Waals surface area contributed by atoms with E-state index in [0.29, 0.717) is 6.54 Å². The first-order chi connectivity index (χ1) is 9.38. The Kier molecular flexibility index (Phi) is 4.12. The molecule has 0 spiro atoms. The summed E-state index contributed by atoms with van der Waals surface area (Å²) in [6.45, 7) is 8.25. The lowest BCUT2D eigenvalue weighted by Gasteiger charge is -2.19. The average molecular weight is 274 g/mol. The fraction of sp³-hybridized carbons (Fsp3) is 0.500. The summed E-state index contributed by atoms with van der Waals surface area (Å²) in [6, 6.07) is 6.35. The molecule has 1 aliphatic rings. The monoisotopic (exact) mass is 274 g/mol. The molecule has 20 heavy (non-hydrogen) atoms. The number of carbonyl (C=O) groups excluding carboxylic acids is 2. The Morgan fingerprint density at radius 1 is 1.35 bits per heavy atom. The number of nitrogens with zero attached hydrogens (tertiary/aromatic N) is 1. The Balaban J connectivity index is 2.14. The van der Waals surface area contributed by atoms with E-state index < -0.39 is 0 Å². The van der Waals surface area contributed by atoms with Crippen LogP contribution < -0.4 is 5.32 Å². The molecule has 0 aromatic heterocycles. The van der Waals surface area contributed by atoms with Crippen LogP contribution in [0, 0.1) is 0 Å². The summed E-state index contributed by atoms with van der Waals surface area (Å²) in [5.74, 6) is 0.0877. The summed E-state index contributed by atoms with van der Waals surface area (Å²) in [7, 11) is 0. The summed E-state index contributed by atoms with van der Waals surface area (Å²) in [4.78, 5) is 25.2. The van der Waals surface area contributed by atoms with Gasteiger partial charge in [0.15, 0.2) is 0 Å². The van der Waals surface area contributed by atoms with Crippen LogP contribution in [0.2, 0.25) is 0 Å². The lowest BCUT2D eigenvalue weighted by atomic mass is 10.0. The molecule has 0 fully saturated rings. The van der Waals surface area contributed by atoms with Crippen molar-refractivity contribution in [1.29, 1.82) is 0 Å². The van der Waals surface area contributed by atoms with Gasteiger partial charge < -0.3 is 10.2 Å². The van der Waals surface area contributed by atoms with Crippen molar-refractivity contribution in [3.63, 3.8) is 0 Å². The third kappa shape index (κ3) is 3.00. The number of benzene rings is 1. The van der Waals surface area contributed by atoms with E-state index in [4.69, 9.17) is 0 Å². The van der Waals surface area contributed by atoms with Gasteiger partial charge in [-0.05, 0) is 44.4 Å². The van der Waals surface area contributed by atoms with Gasteiger partial charge in [-0.15, -0.1) is 0 Å². The zero-order valence-electron chi connectivity index (χ0n) is 12.6. The van der Waals surface area contributed by atoms with Gasteiger partial charge in [-0.25, -0.2) is 0 Å². The zero-order valence-corrected chi connectivity index (χ0v) is 12.6. The molecule has 1 aliphatic heterocycles. The molecule has 4 nitrogen and oxygen atoms in total. The fourth-order valence-corrected chi connectivity index (χ4v) is 2.67. The molecule has 4 heteroatoms. The maximum absolute atomic E-state index is 12.3. The van der Waals surface area contributed by atoms with E-state index in [1.807, 2.05) is 43.9 Å². The minimum absolute atomic E-state index is 0.0271. The first-order valence-corrected chi connectivity index (χ1v) is 7.08. The second-order valence-corrected chi connectivity index (χ2v) is 5.82. The maximum Gasteiger partial charge on any atom is 0.254 e. The highest BCUT2D eigenvalue weighted by atomic mass is 16.2. The molecule has 0 saturated carbocycles. The van der Waals surface area contributed by atoms with E-state index in [1.165, 1.54) is 6.92 Å². The van der Waals surface area contributed by atoms with Crippen LogP contribution in [0.5, 0.6) is 0 Å². The molecule has 2 amide bonds. The van der Waals surface area contributed by atoms with Crippen molar-refractivity contribution in [2.24, 2.45) is 0 Å². The average Bonchev–Trinajstić information content (AvgIpc) is 2.66. The second kappa shape index (κ2) is 5.65. The van der Waals surface area contributed by atoms with Gasteiger partial charge >= 0.3 is 0 Å². The van der Waals surface area contributed by atoms with Gasteiger partial charge in [0.1, 0.15) is 0 Å². The molecule has 1 heterocycles. The quantitative estimate of drug-likeness (QED) is 0.914. The van der Waals surface area contributed by atoms with Crippen LogP contribution in [0.3, 0.4) is 0 Å². The lowest BCUT2D eigenvalue weighted by Crippen LogP contribution is -2.32. The van der Waals surface area contributed by atoms with Crippen molar-refractivity contribution in [3.05, 3.63) is 34.9 Å². The minimum Gasteiger partial charge on any atom is -0.354 e. The zero-order chi connectivity index (χ0) is 14.9. The van der Waals surface area contributed by atoms with E-state index in [2.05, 4.69) is 5.32 Å². The Labute approximate surface area is 120 Å². The summed E-state index contributed by atoms with van der Waals surface area (Å²) in [5, 5.41) is 2.86. The van der Waals surface area contributed by atoms with E-state index in [-0.39, 0.29) is 23.9 Å². The van der Waals surface area contributed by atoms with Crippen LogP contribution in [0.1, 0.15) is 49.2 Å². The number of hydrogen-bond donors (Lipinski definition) is 1. The van der Waals surface area contributed by atoms with Crippen molar-refractivity contribution in [2.75, 3.05) is 0 Å². The van der Waals surface area contributed by atoms with Gasteiger partial charge in [0.05, 0.1) is 0 Å². The van der Waals surface area contributed by atoms with E-state index in [1.54, 1.807) is 0 Å². The highest BCUT2D eigenvalue weighted by molar-refractivity contribution is 5.98. The number of carbonyl (C=O) groups is 2. The predicted octanol–water partition coefficient (Wildman–Crippen LogP) is 2.12. The van der Waals surface area contributed by atoms with Gasteiger partial charge in [0, 0.05) is 31.1 Å². The molecule has 0 saturated heterocycles. The molecular weight excluding hydrogens is 252 g/mol. The van der Waals surface area contributed by atoms with Gasteiger partial charge in [-0.2, -0.15) is 0 Å². The minimum atomic E-state index is -0.0271. The molecule has 1 unspecified atom stereocenters. The molecule has 0 radical (unpaired) electrons. The molecule has 0 bridgehead atoms. The van der Waals surface area contributed by atoms with Crippen LogP contribution in [-0.4, -0.2) is 28.8 Å². The first-order valence-electron chi connectivity index (χ1n) is 7.08. The van der Waals surface area contributed by atoms with Gasteiger partial charge in [0.2, 0.25) is 5.91 Å². The number of fused-ring (bicyclic) bond motifs is 1. The third-order valence-corrected chi connectivity index (χ3v) is 3.62. The summed E-state index contributed by atoms with van der Waals surface area (Å²) in [5.41, 5.74) is 3.00. The van der Waals surface area contributed by atoms with E-state index in [0.717, 1.165) is 23.1 Å². The van der Waals surface area contributed by atoms with Crippen molar-refractivity contribution in [2.45, 2.75) is 52.7 Å². The second-order valence-electron chi connectivity index (χ2n) is 5.82. The Morgan fingerprint density at radius 2 is 2.05 bits per heavy atom. The summed E-state index contributed by atoms with van der Waals surface area (Å²) >= 11 is 0. The molecule has 1 atom stereocenters. The Morgan fingerprint density at radius 3 is 2.65 bits per heavy atom. The largest absolute Gasteiger partial charge is 0.354 e. The molecule has 108 valence electrons. The van der Waals surface area contributed by atoms with Gasteiger partial charge in [0.25, 0.3) is 5.91 Å². The summed E-state index contributed by atoms with van der Waals surface area (Å²) < 4.78 is 0. The molecule has 1 aromatic rings. The molecule has 1 N–H and O–H groups in total. The fourth-order valence-electron chi connectivity index (χ4n) is 2.67. The van der Waals surface area contributed by atoms with E-state index >= 15 is 0 Å². The van der Waals surface area contributed by atoms with Crippen LogP contribution in [-0.2, 0) is 17.8 Å². The lowest BCUT2D eigenvalue weighted by molar-refractivity contribution is -0.119. The maximum atomic E-state index is 12.3. The topological polar surface area (TPSA) is 49.4 Å². The van der Waals surface area contributed by atoms with Gasteiger partial charge in [-0.3, -0.25) is 9.59 Å². The number of nitrogens with one attached hydrogen (secondary N) is 1. The number of amides is 2. The molecule has 1 aromatic carbocycles. The van der Waals surface area contributed by atoms with Crippen molar-refractivity contribution >= 4 is 11.8 Å².